The Labute approximate surface area is 129 Å². The number of benzene rings is 1. The molecule has 0 saturated heterocycles. The molecule has 0 bridgehead atoms. The average molecular weight is 304 g/mol. The Morgan fingerprint density at radius 2 is 1.95 bits per heavy atom. The number of hydrogen-bond donors (Lipinski definition) is 0. The average Bonchev–Trinajstić information content (AvgIpc) is 2.98. The van der Waals surface area contributed by atoms with Crippen LogP contribution in [0.25, 0.3) is 11.3 Å². The van der Waals surface area contributed by atoms with Crippen LogP contribution >= 0.6 is 11.8 Å². The summed E-state index contributed by atoms with van der Waals surface area (Å²) in [6.07, 6.45) is 1.93. The van der Waals surface area contributed by atoms with E-state index in [4.69, 9.17) is 4.52 Å². The Morgan fingerprint density at radius 3 is 2.52 bits per heavy atom. The number of aromatic nitrogens is 1. The molecule has 0 aliphatic heterocycles. The van der Waals surface area contributed by atoms with E-state index >= 15 is 0 Å². The SMILES string of the molecule is CSC(C(=O)c1cc(-c2ccccc2)on1)N(C)C(C)C. The van der Waals surface area contributed by atoms with Crippen molar-refractivity contribution in [1.82, 2.24) is 10.1 Å². The Balaban J connectivity index is 2.22. The van der Waals surface area contributed by atoms with Crippen LogP contribution < -0.4 is 0 Å². The molecule has 0 saturated carbocycles. The van der Waals surface area contributed by atoms with Crippen LogP contribution in [0.4, 0.5) is 0 Å². The molecule has 0 radical (unpaired) electrons. The van der Waals surface area contributed by atoms with E-state index in [1.54, 1.807) is 6.07 Å². The molecule has 4 nitrogen and oxygen atoms in total. The van der Waals surface area contributed by atoms with Crippen LogP contribution in [0.5, 0.6) is 0 Å². The van der Waals surface area contributed by atoms with Gasteiger partial charge in [0.2, 0.25) is 5.78 Å². The summed E-state index contributed by atoms with van der Waals surface area (Å²) in [6.45, 7) is 4.13. The van der Waals surface area contributed by atoms with Crippen molar-refractivity contribution in [2.45, 2.75) is 25.3 Å². The molecule has 1 aromatic heterocycles. The molecule has 1 unspecified atom stereocenters. The highest BCUT2D eigenvalue weighted by molar-refractivity contribution is 7.99. The Hall–Kier alpha value is -1.59. The Morgan fingerprint density at radius 1 is 1.29 bits per heavy atom. The predicted octanol–water partition coefficient (Wildman–Crippen LogP) is 3.55. The molecule has 0 amide bonds. The lowest BCUT2D eigenvalue weighted by Crippen LogP contribution is -2.40. The number of rotatable bonds is 6. The highest BCUT2D eigenvalue weighted by atomic mass is 32.2. The standard InChI is InChI=1S/C16H20N2O2S/c1-11(2)18(3)16(21-4)15(19)13-10-14(20-17-13)12-8-6-5-7-9-12/h5-11,16H,1-4H3. The van der Waals surface area contributed by atoms with E-state index in [0.29, 0.717) is 11.5 Å². The van der Waals surface area contributed by atoms with Gasteiger partial charge in [0.15, 0.2) is 11.5 Å². The lowest BCUT2D eigenvalue weighted by molar-refractivity contribution is 0.0893. The van der Waals surface area contributed by atoms with Crippen LogP contribution in [0.15, 0.2) is 40.9 Å². The maximum atomic E-state index is 12.6. The molecule has 112 valence electrons. The molecule has 1 heterocycles. The molecule has 0 aliphatic rings. The van der Waals surface area contributed by atoms with Gasteiger partial charge < -0.3 is 4.52 Å². The number of Topliss-reactive ketones (excluding diaryl/α,β-unsaturated/α-hetero) is 1. The topological polar surface area (TPSA) is 46.3 Å². The molecule has 1 atom stereocenters. The number of ketones is 1. The van der Waals surface area contributed by atoms with E-state index in [9.17, 15) is 4.79 Å². The van der Waals surface area contributed by atoms with Crippen LogP contribution in [-0.4, -0.2) is 40.6 Å². The third-order valence-corrected chi connectivity index (χ3v) is 4.45. The zero-order valence-corrected chi connectivity index (χ0v) is 13.6. The normalized spacial score (nSPS) is 12.9. The fourth-order valence-electron chi connectivity index (χ4n) is 1.99. The van der Waals surface area contributed by atoms with Gasteiger partial charge in [-0.25, -0.2) is 0 Å². The van der Waals surface area contributed by atoms with Crippen molar-refractivity contribution in [3.63, 3.8) is 0 Å². The second-order valence-corrected chi connectivity index (χ2v) is 6.07. The van der Waals surface area contributed by atoms with Gasteiger partial charge in [0.05, 0.1) is 0 Å². The first-order valence-electron chi connectivity index (χ1n) is 6.85. The molecule has 5 heteroatoms. The molecular weight excluding hydrogens is 284 g/mol. The molecule has 2 aromatic rings. The van der Waals surface area contributed by atoms with E-state index in [0.717, 1.165) is 5.56 Å². The van der Waals surface area contributed by atoms with Gasteiger partial charge in [-0.05, 0) is 27.2 Å². The van der Waals surface area contributed by atoms with Crippen molar-refractivity contribution in [3.05, 3.63) is 42.1 Å². The highest BCUT2D eigenvalue weighted by Crippen LogP contribution is 2.23. The lowest BCUT2D eigenvalue weighted by atomic mass is 10.1. The van der Waals surface area contributed by atoms with Crippen LogP contribution in [-0.2, 0) is 0 Å². The maximum absolute atomic E-state index is 12.6. The lowest BCUT2D eigenvalue weighted by Gasteiger charge is -2.28. The van der Waals surface area contributed by atoms with Gasteiger partial charge in [0, 0.05) is 17.7 Å². The fraction of sp³-hybridized carbons (Fsp3) is 0.375. The molecular formula is C16H20N2O2S. The molecule has 2 rings (SSSR count). The van der Waals surface area contributed by atoms with E-state index in [-0.39, 0.29) is 17.2 Å². The predicted molar refractivity (Wildman–Crippen MR) is 86.5 cm³/mol. The fourth-order valence-corrected chi connectivity index (χ4v) is 2.90. The molecule has 21 heavy (non-hydrogen) atoms. The van der Waals surface area contributed by atoms with Crippen molar-refractivity contribution < 1.29 is 9.32 Å². The van der Waals surface area contributed by atoms with Crippen molar-refractivity contribution in [1.29, 1.82) is 0 Å². The molecule has 0 aliphatic carbocycles. The molecule has 0 N–H and O–H groups in total. The minimum atomic E-state index is -0.251. The summed E-state index contributed by atoms with van der Waals surface area (Å²) in [5, 5.41) is 3.69. The number of nitrogens with zero attached hydrogens (tertiary/aromatic N) is 2. The Bertz CT molecular complexity index is 595. The summed E-state index contributed by atoms with van der Waals surface area (Å²) >= 11 is 1.51. The van der Waals surface area contributed by atoms with Crippen molar-refractivity contribution in [2.75, 3.05) is 13.3 Å². The zero-order chi connectivity index (χ0) is 15.4. The summed E-state index contributed by atoms with van der Waals surface area (Å²) in [5.74, 6) is 0.593. The monoisotopic (exact) mass is 304 g/mol. The Kier molecular flexibility index (Phi) is 5.20. The first kappa shape index (κ1) is 15.8. The van der Waals surface area contributed by atoms with Gasteiger partial charge in [-0.2, -0.15) is 0 Å². The highest BCUT2D eigenvalue weighted by Gasteiger charge is 2.27. The maximum Gasteiger partial charge on any atom is 0.211 e. The quantitative estimate of drug-likeness (QED) is 0.603. The summed E-state index contributed by atoms with van der Waals surface area (Å²) in [7, 11) is 1.95. The number of hydrogen-bond acceptors (Lipinski definition) is 5. The molecule has 1 aromatic carbocycles. The summed E-state index contributed by atoms with van der Waals surface area (Å²) < 4.78 is 5.31. The van der Waals surface area contributed by atoms with Gasteiger partial charge in [0.25, 0.3) is 0 Å². The number of carbonyl (C=O) groups excluding carboxylic acids is 1. The van der Waals surface area contributed by atoms with E-state index in [2.05, 4.69) is 19.0 Å². The van der Waals surface area contributed by atoms with Crippen molar-refractivity contribution in [2.24, 2.45) is 0 Å². The minimum absolute atomic E-state index is 0.0235. The molecule has 0 fully saturated rings. The largest absolute Gasteiger partial charge is 0.356 e. The second kappa shape index (κ2) is 6.91. The summed E-state index contributed by atoms with van der Waals surface area (Å²) in [4.78, 5) is 14.6. The van der Waals surface area contributed by atoms with E-state index in [1.807, 2.05) is 48.5 Å². The zero-order valence-electron chi connectivity index (χ0n) is 12.7. The number of carbonyl (C=O) groups is 1. The third kappa shape index (κ3) is 3.54. The van der Waals surface area contributed by atoms with Gasteiger partial charge in [-0.3, -0.25) is 9.69 Å². The van der Waals surface area contributed by atoms with Gasteiger partial charge >= 0.3 is 0 Å². The minimum Gasteiger partial charge on any atom is -0.356 e. The number of thioether (sulfide) groups is 1. The van der Waals surface area contributed by atoms with Gasteiger partial charge in [-0.15, -0.1) is 11.8 Å². The first-order chi connectivity index (χ1) is 10.0. The van der Waals surface area contributed by atoms with Gasteiger partial charge in [-0.1, -0.05) is 35.5 Å². The second-order valence-electron chi connectivity index (χ2n) is 5.15. The van der Waals surface area contributed by atoms with Crippen LogP contribution in [0, 0.1) is 0 Å². The van der Waals surface area contributed by atoms with Crippen LogP contribution in [0.3, 0.4) is 0 Å². The third-order valence-electron chi connectivity index (χ3n) is 3.45. The van der Waals surface area contributed by atoms with Crippen molar-refractivity contribution in [3.8, 4) is 11.3 Å². The summed E-state index contributed by atoms with van der Waals surface area (Å²) in [5.41, 5.74) is 1.29. The van der Waals surface area contributed by atoms with E-state index in [1.165, 1.54) is 11.8 Å². The van der Waals surface area contributed by atoms with Crippen LogP contribution in [0.2, 0.25) is 0 Å². The molecule has 0 spiro atoms. The smallest absolute Gasteiger partial charge is 0.211 e. The van der Waals surface area contributed by atoms with Crippen LogP contribution in [0.1, 0.15) is 24.3 Å². The van der Waals surface area contributed by atoms with Gasteiger partial charge in [0.1, 0.15) is 5.37 Å². The first-order valence-corrected chi connectivity index (χ1v) is 8.14. The number of likely N-dealkylation sites (N-methyl/N-ethyl adjacent to an activating group) is 1. The van der Waals surface area contributed by atoms with Crippen molar-refractivity contribution >= 4 is 17.5 Å². The van der Waals surface area contributed by atoms with E-state index < -0.39 is 0 Å². The summed E-state index contributed by atoms with van der Waals surface area (Å²) in [6, 6.07) is 11.7.